The predicted molar refractivity (Wildman–Crippen MR) is 80.7 cm³/mol. The molecule has 0 spiro atoms. The van der Waals surface area contributed by atoms with E-state index in [9.17, 15) is 8.42 Å². The van der Waals surface area contributed by atoms with Crippen LogP contribution in [-0.4, -0.2) is 27.7 Å². The number of nitrogens with one attached hydrogen (secondary N) is 1. The highest BCUT2D eigenvalue weighted by Crippen LogP contribution is 2.29. The minimum absolute atomic E-state index is 0.147. The summed E-state index contributed by atoms with van der Waals surface area (Å²) in [6.45, 7) is 3.05. The van der Waals surface area contributed by atoms with E-state index in [1.807, 2.05) is 6.92 Å². The molecule has 2 rings (SSSR count). The largest absolute Gasteiger partial charge is 0.380 e. The zero-order valence-corrected chi connectivity index (χ0v) is 14.4. The van der Waals surface area contributed by atoms with E-state index >= 15 is 0 Å². The second-order valence-corrected chi connectivity index (χ2v) is 7.96. The van der Waals surface area contributed by atoms with E-state index in [2.05, 4.69) is 36.6 Å². The standard InChI is InChI=1S/C12H15Br2NO3S/c1-8-5-11(14)12(6-10(8)13)19(16,17)15-9-3-2-4-18-7-9/h5-6,9,15H,2-4,7H2,1H3. The Balaban J connectivity index is 2.26. The zero-order chi connectivity index (χ0) is 14.0. The predicted octanol–water partition coefficient (Wildman–Crippen LogP) is 2.98. The van der Waals surface area contributed by atoms with E-state index in [1.165, 1.54) is 0 Å². The number of ether oxygens (including phenoxy) is 1. The molecular weight excluding hydrogens is 398 g/mol. The average Bonchev–Trinajstić information content (AvgIpc) is 2.34. The molecule has 0 bridgehead atoms. The number of hydrogen-bond acceptors (Lipinski definition) is 3. The summed E-state index contributed by atoms with van der Waals surface area (Å²) in [6.07, 6.45) is 1.69. The molecule has 19 heavy (non-hydrogen) atoms. The van der Waals surface area contributed by atoms with Gasteiger partial charge in [0.1, 0.15) is 0 Å². The number of benzene rings is 1. The van der Waals surface area contributed by atoms with Crippen molar-refractivity contribution in [2.45, 2.75) is 30.7 Å². The average molecular weight is 413 g/mol. The summed E-state index contributed by atoms with van der Waals surface area (Å²) >= 11 is 6.67. The number of rotatable bonds is 3. The molecule has 1 aromatic rings. The molecule has 0 saturated carbocycles. The van der Waals surface area contributed by atoms with Crippen LogP contribution < -0.4 is 4.72 Å². The highest BCUT2D eigenvalue weighted by molar-refractivity contribution is 9.11. The van der Waals surface area contributed by atoms with Crippen LogP contribution in [0, 0.1) is 6.92 Å². The van der Waals surface area contributed by atoms with Crippen LogP contribution >= 0.6 is 31.9 Å². The van der Waals surface area contributed by atoms with Crippen molar-refractivity contribution in [3.05, 3.63) is 26.6 Å². The van der Waals surface area contributed by atoms with E-state index in [0.717, 1.165) is 22.9 Å². The van der Waals surface area contributed by atoms with Gasteiger partial charge in [-0.1, -0.05) is 15.9 Å². The van der Waals surface area contributed by atoms with Crippen molar-refractivity contribution in [3.63, 3.8) is 0 Å². The first-order valence-electron chi connectivity index (χ1n) is 5.96. The van der Waals surface area contributed by atoms with Crippen LogP contribution in [0.5, 0.6) is 0 Å². The van der Waals surface area contributed by atoms with E-state index in [0.29, 0.717) is 17.7 Å². The van der Waals surface area contributed by atoms with Gasteiger partial charge in [-0.05, 0) is 53.4 Å². The Bertz CT molecular complexity index is 569. The van der Waals surface area contributed by atoms with Gasteiger partial charge in [-0.15, -0.1) is 0 Å². The third-order valence-corrected chi connectivity index (χ3v) is 6.32. The van der Waals surface area contributed by atoms with E-state index in [1.54, 1.807) is 12.1 Å². The molecule has 1 fully saturated rings. The molecule has 1 aliphatic heterocycles. The molecule has 0 radical (unpaired) electrons. The monoisotopic (exact) mass is 411 g/mol. The van der Waals surface area contributed by atoms with Crippen LogP contribution in [-0.2, 0) is 14.8 Å². The number of halogens is 2. The van der Waals surface area contributed by atoms with Gasteiger partial charge in [0, 0.05) is 21.6 Å². The fourth-order valence-electron chi connectivity index (χ4n) is 1.95. The van der Waals surface area contributed by atoms with Crippen LogP contribution in [0.3, 0.4) is 0 Å². The molecule has 0 aromatic heterocycles. The Labute approximate surface area is 130 Å². The Morgan fingerprint density at radius 1 is 1.32 bits per heavy atom. The smallest absolute Gasteiger partial charge is 0.242 e. The summed E-state index contributed by atoms with van der Waals surface area (Å²) in [4.78, 5) is 0.246. The van der Waals surface area contributed by atoms with Crippen molar-refractivity contribution in [2.75, 3.05) is 13.2 Å². The maximum absolute atomic E-state index is 12.4. The summed E-state index contributed by atoms with van der Waals surface area (Å²) in [5, 5.41) is 0. The molecule has 1 atom stereocenters. The lowest BCUT2D eigenvalue weighted by Gasteiger charge is -2.23. The Hall–Kier alpha value is 0.0500. The van der Waals surface area contributed by atoms with Crippen LogP contribution in [0.15, 0.2) is 26.0 Å². The Morgan fingerprint density at radius 3 is 2.68 bits per heavy atom. The second kappa shape index (κ2) is 6.22. The quantitative estimate of drug-likeness (QED) is 0.830. The van der Waals surface area contributed by atoms with Crippen LogP contribution in [0.1, 0.15) is 18.4 Å². The summed E-state index contributed by atoms with van der Waals surface area (Å²) in [5.74, 6) is 0. The van der Waals surface area contributed by atoms with Gasteiger partial charge in [0.25, 0.3) is 0 Å². The lowest BCUT2D eigenvalue weighted by Crippen LogP contribution is -2.40. The lowest BCUT2D eigenvalue weighted by molar-refractivity contribution is 0.0774. The number of hydrogen-bond donors (Lipinski definition) is 1. The van der Waals surface area contributed by atoms with Gasteiger partial charge in [0.05, 0.1) is 11.5 Å². The molecule has 0 aliphatic carbocycles. The molecule has 1 heterocycles. The summed E-state index contributed by atoms with van der Waals surface area (Å²) in [5.41, 5.74) is 0.979. The van der Waals surface area contributed by atoms with E-state index in [-0.39, 0.29) is 10.9 Å². The van der Waals surface area contributed by atoms with Gasteiger partial charge in [0.15, 0.2) is 0 Å². The summed E-state index contributed by atoms with van der Waals surface area (Å²) in [7, 11) is -3.54. The van der Waals surface area contributed by atoms with Crippen molar-refractivity contribution in [2.24, 2.45) is 0 Å². The fraction of sp³-hybridized carbons (Fsp3) is 0.500. The third-order valence-electron chi connectivity index (χ3n) is 2.98. The molecular formula is C12H15Br2NO3S. The zero-order valence-electron chi connectivity index (χ0n) is 10.4. The van der Waals surface area contributed by atoms with E-state index < -0.39 is 10.0 Å². The first-order chi connectivity index (χ1) is 8.90. The van der Waals surface area contributed by atoms with Crippen LogP contribution in [0.4, 0.5) is 0 Å². The van der Waals surface area contributed by atoms with Gasteiger partial charge in [-0.3, -0.25) is 0 Å². The molecule has 4 nitrogen and oxygen atoms in total. The van der Waals surface area contributed by atoms with Gasteiger partial charge >= 0.3 is 0 Å². The highest BCUT2D eigenvalue weighted by atomic mass is 79.9. The molecule has 106 valence electrons. The molecule has 7 heteroatoms. The topological polar surface area (TPSA) is 55.4 Å². The van der Waals surface area contributed by atoms with Gasteiger partial charge in [0.2, 0.25) is 10.0 Å². The molecule has 1 unspecified atom stereocenters. The SMILES string of the molecule is Cc1cc(Br)c(S(=O)(=O)NC2CCCOC2)cc1Br. The highest BCUT2D eigenvalue weighted by Gasteiger charge is 2.24. The van der Waals surface area contributed by atoms with Crippen molar-refractivity contribution in [1.29, 1.82) is 0 Å². The molecule has 0 amide bonds. The Morgan fingerprint density at radius 2 is 2.05 bits per heavy atom. The van der Waals surface area contributed by atoms with Crippen molar-refractivity contribution in [3.8, 4) is 0 Å². The van der Waals surface area contributed by atoms with Crippen LogP contribution in [0.2, 0.25) is 0 Å². The first-order valence-corrected chi connectivity index (χ1v) is 9.03. The lowest BCUT2D eigenvalue weighted by atomic mass is 10.1. The van der Waals surface area contributed by atoms with Crippen molar-refractivity contribution >= 4 is 41.9 Å². The molecule has 1 aliphatic rings. The fourth-order valence-corrected chi connectivity index (χ4v) is 4.88. The molecule has 1 saturated heterocycles. The minimum Gasteiger partial charge on any atom is -0.380 e. The maximum atomic E-state index is 12.4. The van der Waals surface area contributed by atoms with Gasteiger partial charge < -0.3 is 4.74 Å². The molecule has 1 N–H and O–H groups in total. The minimum atomic E-state index is -3.54. The summed E-state index contributed by atoms with van der Waals surface area (Å²) in [6, 6.07) is 3.26. The van der Waals surface area contributed by atoms with Crippen molar-refractivity contribution in [1.82, 2.24) is 4.72 Å². The van der Waals surface area contributed by atoms with Gasteiger partial charge in [-0.2, -0.15) is 0 Å². The maximum Gasteiger partial charge on any atom is 0.242 e. The second-order valence-electron chi connectivity index (χ2n) is 4.57. The number of sulfonamides is 1. The van der Waals surface area contributed by atoms with Crippen LogP contribution in [0.25, 0.3) is 0 Å². The normalized spacial score (nSPS) is 20.5. The Kier molecular flexibility index (Phi) is 5.05. The third kappa shape index (κ3) is 3.78. The van der Waals surface area contributed by atoms with Gasteiger partial charge in [-0.25, -0.2) is 13.1 Å². The summed E-state index contributed by atoms with van der Waals surface area (Å²) < 4.78 is 34.1. The molecule has 1 aromatic carbocycles. The van der Waals surface area contributed by atoms with Crippen molar-refractivity contribution < 1.29 is 13.2 Å². The number of aryl methyl sites for hydroxylation is 1. The first kappa shape index (κ1) is 15.4. The van der Waals surface area contributed by atoms with E-state index in [4.69, 9.17) is 4.74 Å².